The topological polar surface area (TPSA) is 73.2 Å². The number of cyclic esters (lactones) is 1. The Hall–Kier alpha value is -2.83. The molecule has 1 aliphatic rings. The number of nitrogens with zero attached hydrogens (tertiary/aromatic N) is 2. The number of anilines is 1. The van der Waals surface area contributed by atoms with Crippen LogP contribution in [0, 0.1) is 13.8 Å². The summed E-state index contributed by atoms with van der Waals surface area (Å²) < 4.78 is 6.94. The third-order valence-corrected chi connectivity index (χ3v) is 5.67. The number of rotatable bonds is 3. The Morgan fingerprint density at radius 3 is 2.69 bits per heavy atom. The molecule has 3 aromatic rings. The Labute approximate surface area is 177 Å². The van der Waals surface area contributed by atoms with E-state index < -0.39 is 18.0 Å². The predicted octanol–water partition coefficient (Wildman–Crippen LogP) is 4.52. The summed E-state index contributed by atoms with van der Waals surface area (Å²) >= 11 is 12.1. The first-order valence-corrected chi connectivity index (χ1v) is 9.72. The van der Waals surface area contributed by atoms with Gasteiger partial charge < -0.3 is 10.1 Å². The fraction of sp³-hybridized carbons (Fsp3) is 0.190. The summed E-state index contributed by atoms with van der Waals surface area (Å²) in [6.07, 6.45) is -0.610. The number of hydrogen-bond acceptors (Lipinski definition) is 4. The normalized spacial score (nSPS) is 15.6. The summed E-state index contributed by atoms with van der Waals surface area (Å²) in [5.74, 6) is -0.434. The molecule has 6 nitrogen and oxygen atoms in total. The lowest BCUT2D eigenvalue weighted by molar-refractivity contribution is -0.125. The van der Waals surface area contributed by atoms with E-state index in [4.69, 9.17) is 27.9 Å². The number of ether oxygens (including phenoxy) is 1. The number of benzene rings is 2. The molecule has 0 unspecified atom stereocenters. The van der Waals surface area contributed by atoms with Crippen LogP contribution in [0.3, 0.4) is 0 Å². The summed E-state index contributed by atoms with van der Waals surface area (Å²) in [6.45, 7) is 3.70. The summed E-state index contributed by atoms with van der Waals surface area (Å²) in [6, 6.07) is 12.2. The molecule has 4 rings (SSSR count). The summed E-state index contributed by atoms with van der Waals surface area (Å²) in [7, 11) is 0. The zero-order valence-electron chi connectivity index (χ0n) is 15.7. The minimum Gasteiger partial charge on any atom is -0.448 e. The maximum atomic E-state index is 12.9. The summed E-state index contributed by atoms with van der Waals surface area (Å²) in [5, 5.41) is 8.16. The number of amides is 1. The van der Waals surface area contributed by atoms with E-state index in [9.17, 15) is 9.59 Å². The molecular formula is C21H17Cl2N3O3. The molecule has 0 bridgehead atoms. The zero-order valence-corrected chi connectivity index (χ0v) is 17.2. The van der Waals surface area contributed by atoms with Crippen LogP contribution in [0.4, 0.5) is 5.82 Å². The number of halogens is 2. The molecule has 8 heteroatoms. The quantitative estimate of drug-likeness (QED) is 0.621. The van der Waals surface area contributed by atoms with Crippen molar-refractivity contribution in [2.45, 2.75) is 26.4 Å². The molecule has 0 aliphatic carbocycles. The molecule has 148 valence electrons. The Balaban J connectivity index is 1.64. The highest BCUT2D eigenvalue weighted by Gasteiger charge is 2.32. The van der Waals surface area contributed by atoms with Crippen LogP contribution in [0.5, 0.6) is 0 Å². The molecule has 0 radical (unpaired) electrons. The van der Waals surface area contributed by atoms with E-state index in [0.29, 0.717) is 33.5 Å². The average molecular weight is 430 g/mol. The molecule has 1 amide bonds. The number of nitrogens with one attached hydrogen (secondary N) is 1. The van der Waals surface area contributed by atoms with Gasteiger partial charge in [0.05, 0.1) is 27.0 Å². The van der Waals surface area contributed by atoms with Crippen LogP contribution < -0.4 is 5.32 Å². The molecule has 0 saturated carbocycles. The lowest BCUT2D eigenvalue weighted by atomic mass is 9.98. The van der Waals surface area contributed by atoms with E-state index in [1.807, 2.05) is 26.0 Å². The van der Waals surface area contributed by atoms with Gasteiger partial charge in [-0.05, 0) is 43.7 Å². The van der Waals surface area contributed by atoms with E-state index in [1.54, 1.807) is 35.0 Å². The SMILES string of the molecule is Cc1nn(-c2ccc(Cl)c(Cl)c2)c(NC(=O)[C@@H]2Cc3ccccc3C(=O)O2)c1C. The van der Waals surface area contributed by atoms with Crippen LogP contribution in [0.2, 0.25) is 10.0 Å². The van der Waals surface area contributed by atoms with Crippen LogP contribution >= 0.6 is 23.2 Å². The van der Waals surface area contributed by atoms with Crippen molar-refractivity contribution in [1.29, 1.82) is 0 Å². The molecular weight excluding hydrogens is 413 g/mol. The minimum atomic E-state index is -0.922. The van der Waals surface area contributed by atoms with E-state index in [-0.39, 0.29) is 0 Å². The number of aryl methyl sites for hydroxylation is 1. The van der Waals surface area contributed by atoms with Gasteiger partial charge in [-0.15, -0.1) is 0 Å². The second kappa shape index (κ2) is 7.54. The van der Waals surface area contributed by atoms with Crippen molar-refractivity contribution in [3.05, 3.63) is 74.9 Å². The fourth-order valence-electron chi connectivity index (χ4n) is 3.23. The van der Waals surface area contributed by atoms with Crippen molar-refractivity contribution in [2.75, 3.05) is 5.32 Å². The second-order valence-corrected chi connectivity index (χ2v) is 7.63. The molecule has 29 heavy (non-hydrogen) atoms. The standard InChI is InChI=1S/C21H17Cl2N3O3/c1-11-12(2)25-26(14-7-8-16(22)17(23)10-14)19(11)24-20(27)18-9-13-5-3-4-6-15(13)21(28)29-18/h3-8,10,18H,9H2,1-2H3,(H,24,27)/t18-/m0/s1. The van der Waals surface area contributed by atoms with E-state index in [2.05, 4.69) is 10.4 Å². The molecule has 0 fully saturated rings. The number of hydrogen-bond donors (Lipinski definition) is 1. The maximum Gasteiger partial charge on any atom is 0.339 e. The zero-order chi connectivity index (χ0) is 20.7. The molecule has 1 N–H and O–H groups in total. The molecule has 2 aromatic carbocycles. The lowest BCUT2D eigenvalue weighted by Crippen LogP contribution is -2.38. The number of esters is 1. The minimum absolute atomic E-state index is 0.312. The molecule has 0 saturated heterocycles. The van der Waals surface area contributed by atoms with Crippen molar-refractivity contribution in [3.63, 3.8) is 0 Å². The largest absolute Gasteiger partial charge is 0.448 e. The first-order valence-electron chi connectivity index (χ1n) is 8.96. The Bertz CT molecular complexity index is 1140. The van der Waals surface area contributed by atoms with Crippen LogP contribution in [0.1, 0.15) is 27.2 Å². The van der Waals surface area contributed by atoms with Gasteiger partial charge in [0.1, 0.15) is 5.82 Å². The number of carbonyl (C=O) groups is 2. The van der Waals surface area contributed by atoms with Crippen molar-refractivity contribution in [1.82, 2.24) is 9.78 Å². The fourth-order valence-corrected chi connectivity index (χ4v) is 3.52. The highest BCUT2D eigenvalue weighted by Crippen LogP contribution is 2.29. The molecule has 1 aromatic heterocycles. The average Bonchev–Trinajstić information content (AvgIpc) is 2.98. The highest BCUT2D eigenvalue weighted by molar-refractivity contribution is 6.42. The van der Waals surface area contributed by atoms with Crippen LogP contribution in [-0.4, -0.2) is 27.8 Å². The second-order valence-electron chi connectivity index (χ2n) is 6.81. The third-order valence-electron chi connectivity index (χ3n) is 4.93. The van der Waals surface area contributed by atoms with Gasteiger partial charge in [0.25, 0.3) is 5.91 Å². The Kier molecular flexibility index (Phi) is 5.06. The van der Waals surface area contributed by atoms with Crippen molar-refractivity contribution >= 4 is 40.9 Å². The monoisotopic (exact) mass is 429 g/mol. The maximum absolute atomic E-state index is 12.9. The molecule has 1 atom stereocenters. The van der Waals surface area contributed by atoms with Crippen LogP contribution in [0.25, 0.3) is 5.69 Å². The van der Waals surface area contributed by atoms with Crippen LogP contribution in [0.15, 0.2) is 42.5 Å². The Morgan fingerprint density at radius 2 is 1.93 bits per heavy atom. The third kappa shape index (κ3) is 3.61. The van der Waals surface area contributed by atoms with Crippen molar-refractivity contribution in [2.24, 2.45) is 0 Å². The molecule has 1 aliphatic heterocycles. The number of aromatic nitrogens is 2. The van der Waals surface area contributed by atoms with Gasteiger partial charge in [0, 0.05) is 12.0 Å². The highest BCUT2D eigenvalue weighted by atomic mass is 35.5. The van der Waals surface area contributed by atoms with Crippen molar-refractivity contribution in [3.8, 4) is 5.69 Å². The number of carbonyl (C=O) groups excluding carboxylic acids is 2. The Morgan fingerprint density at radius 1 is 1.17 bits per heavy atom. The lowest BCUT2D eigenvalue weighted by Gasteiger charge is -2.24. The van der Waals surface area contributed by atoms with Gasteiger partial charge in [-0.2, -0.15) is 5.10 Å². The van der Waals surface area contributed by atoms with Gasteiger partial charge in [0.2, 0.25) is 0 Å². The molecule has 0 spiro atoms. The summed E-state index contributed by atoms with van der Waals surface area (Å²) in [4.78, 5) is 25.1. The smallest absolute Gasteiger partial charge is 0.339 e. The van der Waals surface area contributed by atoms with Gasteiger partial charge in [0.15, 0.2) is 6.10 Å². The van der Waals surface area contributed by atoms with Gasteiger partial charge in [-0.3, -0.25) is 4.79 Å². The molecule has 2 heterocycles. The van der Waals surface area contributed by atoms with Crippen LogP contribution in [-0.2, 0) is 16.0 Å². The first-order chi connectivity index (χ1) is 13.8. The number of fused-ring (bicyclic) bond motifs is 1. The summed E-state index contributed by atoms with van der Waals surface area (Å²) in [5.41, 5.74) is 3.47. The van der Waals surface area contributed by atoms with Gasteiger partial charge in [-0.1, -0.05) is 41.4 Å². The van der Waals surface area contributed by atoms with E-state index in [0.717, 1.165) is 16.8 Å². The van der Waals surface area contributed by atoms with E-state index in [1.165, 1.54) is 0 Å². The van der Waals surface area contributed by atoms with Crippen molar-refractivity contribution < 1.29 is 14.3 Å². The van der Waals surface area contributed by atoms with Gasteiger partial charge in [-0.25, -0.2) is 9.48 Å². The van der Waals surface area contributed by atoms with Gasteiger partial charge >= 0.3 is 5.97 Å². The first kappa shape index (κ1) is 19.5. The van der Waals surface area contributed by atoms with E-state index >= 15 is 0 Å². The predicted molar refractivity (Wildman–Crippen MR) is 111 cm³/mol.